The quantitative estimate of drug-likeness (QED) is 0.748. The summed E-state index contributed by atoms with van der Waals surface area (Å²) < 4.78 is 1.74. The van der Waals surface area contributed by atoms with Crippen molar-refractivity contribution in [2.75, 3.05) is 0 Å². The fourth-order valence-electron chi connectivity index (χ4n) is 2.80. The predicted molar refractivity (Wildman–Crippen MR) is 91.9 cm³/mol. The van der Waals surface area contributed by atoms with Crippen LogP contribution in [0.5, 0.6) is 0 Å². The first-order chi connectivity index (χ1) is 10.1. The number of aliphatic imine (C=N–C) groups is 1. The Balaban J connectivity index is 1.76. The van der Waals surface area contributed by atoms with E-state index in [4.69, 9.17) is 4.99 Å². The molecule has 0 N–H and O–H groups in total. The molecule has 2 heteroatoms. The molecule has 2 aromatic rings. The van der Waals surface area contributed by atoms with Crippen LogP contribution in [0.4, 0.5) is 0 Å². The summed E-state index contributed by atoms with van der Waals surface area (Å²) in [6, 6.07) is 21.9. The van der Waals surface area contributed by atoms with E-state index in [0.717, 1.165) is 6.42 Å². The Morgan fingerprint density at radius 2 is 1.57 bits per heavy atom. The van der Waals surface area contributed by atoms with E-state index < -0.39 is 0 Å². The molecular weight excluding hydrogens is 321 g/mol. The van der Waals surface area contributed by atoms with Gasteiger partial charge in [0.2, 0.25) is 0 Å². The molecule has 0 aliphatic carbocycles. The zero-order valence-electron chi connectivity index (χ0n) is 12.6. The van der Waals surface area contributed by atoms with Crippen LogP contribution in [0, 0.1) is 0 Å². The molecule has 1 aliphatic rings. The summed E-state index contributed by atoms with van der Waals surface area (Å²) in [5.74, 6) is 0. The molecule has 1 heterocycles. The molecule has 1 nitrogen and oxygen atoms in total. The van der Waals surface area contributed by atoms with E-state index in [-0.39, 0.29) is 4.31 Å². The number of rotatable bonds is 4. The molecule has 0 fully saturated rings. The molecule has 0 radical (unpaired) electrons. The van der Waals surface area contributed by atoms with Gasteiger partial charge in [-0.1, -0.05) is 0 Å². The summed E-state index contributed by atoms with van der Waals surface area (Å²) >= 11 is 0.453. The average molecular weight is 342 g/mol. The van der Waals surface area contributed by atoms with E-state index in [1.54, 1.807) is 0 Å². The molecular formula is C19H21NSe. The van der Waals surface area contributed by atoms with Crippen LogP contribution >= 0.6 is 0 Å². The third-order valence-electron chi connectivity index (χ3n) is 4.00. The summed E-state index contributed by atoms with van der Waals surface area (Å²) in [4.78, 5) is 5.06. The standard InChI is InChI=1S/C19H21NSe/c1-19(2,21-16-11-7-4-8-12-16)18-14-13-17(20-18)15-9-5-3-6-10-15/h3-12,18H,13-14H2,1-2H3. The van der Waals surface area contributed by atoms with E-state index in [0.29, 0.717) is 21.0 Å². The van der Waals surface area contributed by atoms with Crippen molar-refractivity contribution in [3.05, 3.63) is 66.2 Å². The van der Waals surface area contributed by atoms with Gasteiger partial charge in [-0.05, 0) is 0 Å². The number of benzene rings is 2. The summed E-state index contributed by atoms with van der Waals surface area (Å²) in [6.45, 7) is 4.75. The fraction of sp³-hybridized carbons (Fsp3) is 0.316. The minimum atomic E-state index is 0.269. The normalized spacial score (nSPS) is 18.6. The third kappa shape index (κ3) is 3.45. The molecule has 3 rings (SSSR count). The minimum absolute atomic E-state index is 0.269. The molecule has 0 spiro atoms. The third-order valence-corrected chi connectivity index (χ3v) is 6.74. The average Bonchev–Trinajstić information content (AvgIpc) is 2.99. The van der Waals surface area contributed by atoms with E-state index in [9.17, 15) is 0 Å². The van der Waals surface area contributed by atoms with E-state index in [2.05, 4.69) is 74.5 Å². The van der Waals surface area contributed by atoms with Gasteiger partial charge >= 0.3 is 133 Å². The van der Waals surface area contributed by atoms with Gasteiger partial charge in [-0.15, -0.1) is 0 Å². The number of nitrogens with zero attached hydrogens (tertiary/aromatic N) is 1. The Bertz CT molecular complexity index is 617. The van der Waals surface area contributed by atoms with Gasteiger partial charge in [-0.2, -0.15) is 0 Å². The molecule has 1 aliphatic heterocycles. The van der Waals surface area contributed by atoms with Crippen LogP contribution in [0.25, 0.3) is 0 Å². The van der Waals surface area contributed by atoms with Gasteiger partial charge in [0, 0.05) is 0 Å². The number of hydrogen-bond acceptors (Lipinski definition) is 1. The Morgan fingerprint density at radius 3 is 2.24 bits per heavy atom. The molecule has 108 valence electrons. The van der Waals surface area contributed by atoms with Gasteiger partial charge in [0.05, 0.1) is 0 Å². The number of hydrogen-bond donors (Lipinski definition) is 0. The topological polar surface area (TPSA) is 12.4 Å². The van der Waals surface area contributed by atoms with E-state index >= 15 is 0 Å². The van der Waals surface area contributed by atoms with Crippen molar-refractivity contribution in [1.82, 2.24) is 0 Å². The van der Waals surface area contributed by atoms with Gasteiger partial charge in [0.15, 0.2) is 0 Å². The Morgan fingerprint density at radius 1 is 0.952 bits per heavy atom. The van der Waals surface area contributed by atoms with Crippen LogP contribution in [0.1, 0.15) is 32.3 Å². The van der Waals surface area contributed by atoms with E-state index in [1.807, 2.05) is 0 Å². The second-order valence-electron chi connectivity index (χ2n) is 6.01. The molecule has 2 aromatic carbocycles. The maximum atomic E-state index is 5.06. The van der Waals surface area contributed by atoms with Crippen LogP contribution < -0.4 is 4.46 Å². The van der Waals surface area contributed by atoms with Gasteiger partial charge in [-0.25, -0.2) is 0 Å². The monoisotopic (exact) mass is 343 g/mol. The van der Waals surface area contributed by atoms with Gasteiger partial charge in [0.25, 0.3) is 0 Å². The van der Waals surface area contributed by atoms with Crippen LogP contribution in [-0.4, -0.2) is 26.7 Å². The van der Waals surface area contributed by atoms with Crippen molar-refractivity contribution in [1.29, 1.82) is 0 Å². The summed E-state index contributed by atoms with van der Waals surface area (Å²) in [7, 11) is 0. The van der Waals surface area contributed by atoms with Crippen LogP contribution in [0.2, 0.25) is 4.31 Å². The summed E-state index contributed by atoms with van der Waals surface area (Å²) in [5, 5.41) is 0. The first-order valence-corrected chi connectivity index (χ1v) is 9.22. The van der Waals surface area contributed by atoms with Crippen LogP contribution in [0.3, 0.4) is 0 Å². The first-order valence-electron chi connectivity index (χ1n) is 7.51. The Hall–Kier alpha value is -1.37. The second-order valence-corrected chi connectivity index (χ2v) is 9.64. The second kappa shape index (κ2) is 6.17. The molecule has 0 saturated carbocycles. The zero-order chi connectivity index (χ0) is 14.7. The Labute approximate surface area is 133 Å². The van der Waals surface area contributed by atoms with Crippen LogP contribution in [0.15, 0.2) is 65.7 Å². The zero-order valence-corrected chi connectivity index (χ0v) is 14.3. The fourth-order valence-corrected chi connectivity index (χ4v) is 5.34. The molecule has 1 atom stereocenters. The molecule has 21 heavy (non-hydrogen) atoms. The summed E-state index contributed by atoms with van der Waals surface area (Å²) in [6.07, 6.45) is 2.30. The SMILES string of the molecule is CC(C)([Se]c1ccccc1)C1CCC(c2ccccc2)=N1. The van der Waals surface area contributed by atoms with Gasteiger partial charge < -0.3 is 0 Å². The molecule has 1 unspecified atom stereocenters. The van der Waals surface area contributed by atoms with E-state index in [1.165, 1.54) is 22.2 Å². The van der Waals surface area contributed by atoms with Gasteiger partial charge in [0.1, 0.15) is 0 Å². The van der Waals surface area contributed by atoms with Gasteiger partial charge in [-0.3, -0.25) is 0 Å². The van der Waals surface area contributed by atoms with Crippen molar-refractivity contribution in [3.63, 3.8) is 0 Å². The summed E-state index contributed by atoms with van der Waals surface area (Å²) in [5.41, 5.74) is 2.58. The van der Waals surface area contributed by atoms with Crippen molar-refractivity contribution >= 4 is 25.1 Å². The Kier molecular flexibility index (Phi) is 4.28. The molecule has 0 aromatic heterocycles. The van der Waals surface area contributed by atoms with Crippen molar-refractivity contribution in [3.8, 4) is 0 Å². The molecule has 0 amide bonds. The predicted octanol–water partition coefficient (Wildman–Crippen LogP) is 3.87. The first kappa shape index (κ1) is 14.6. The van der Waals surface area contributed by atoms with Crippen molar-refractivity contribution in [2.45, 2.75) is 37.0 Å². The maximum absolute atomic E-state index is 5.06. The van der Waals surface area contributed by atoms with Crippen molar-refractivity contribution < 1.29 is 0 Å². The molecule has 0 saturated heterocycles. The van der Waals surface area contributed by atoms with Crippen molar-refractivity contribution in [2.24, 2.45) is 4.99 Å². The molecule has 0 bridgehead atoms. The van der Waals surface area contributed by atoms with Crippen LogP contribution in [-0.2, 0) is 0 Å².